The summed E-state index contributed by atoms with van der Waals surface area (Å²) in [6.07, 6.45) is 6.65. The maximum Gasteiger partial charge on any atom is 0.337 e. The number of rotatable bonds is 4. The van der Waals surface area contributed by atoms with Crippen LogP contribution in [-0.4, -0.2) is 18.7 Å². The minimum atomic E-state index is -0.288. The number of hydrogen-bond acceptors (Lipinski definition) is 3. The van der Waals surface area contributed by atoms with Crippen LogP contribution in [0.15, 0.2) is 64.4 Å². The first-order valence-electron chi connectivity index (χ1n) is 12.6. The summed E-state index contributed by atoms with van der Waals surface area (Å²) in [6, 6.07) is 16.2. The highest BCUT2D eigenvalue weighted by Crippen LogP contribution is 2.27. The van der Waals surface area contributed by atoms with Crippen molar-refractivity contribution < 1.29 is 0 Å². The van der Waals surface area contributed by atoms with Gasteiger partial charge in [-0.05, 0) is 47.9 Å². The van der Waals surface area contributed by atoms with Crippen molar-refractivity contribution in [1.29, 1.82) is 0 Å². The van der Waals surface area contributed by atoms with Crippen LogP contribution in [0.25, 0.3) is 16.9 Å². The van der Waals surface area contributed by atoms with Crippen LogP contribution in [0.4, 0.5) is 0 Å². The van der Waals surface area contributed by atoms with E-state index in [4.69, 9.17) is 0 Å². The van der Waals surface area contributed by atoms with Crippen LogP contribution in [0, 0.1) is 6.92 Å². The zero-order valence-electron chi connectivity index (χ0n) is 21.1. The van der Waals surface area contributed by atoms with Gasteiger partial charge in [-0.1, -0.05) is 82.5 Å². The third kappa shape index (κ3) is 4.26. The number of nitrogens with zero attached hydrogens (tertiary/aromatic N) is 4. The number of hydrogen-bond donors (Lipinski definition) is 0. The Hall–Kier alpha value is -3.41. The predicted octanol–water partition coefficient (Wildman–Crippen LogP) is 5.51. The van der Waals surface area contributed by atoms with E-state index >= 15 is 0 Å². The Balaban J connectivity index is 1.70. The zero-order valence-corrected chi connectivity index (χ0v) is 21.1. The fraction of sp³-hybridized carbons (Fsp3) is 0.414. The van der Waals surface area contributed by atoms with Gasteiger partial charge in [0, 0.05) is 12.6 Å². The number of aromatic nitrogens is 4. The summed E-state index contributed by atoms with van der Waals surface area (Å²) >= 11 is 0. The first-order chi connectivity index (χ1) is 16.8. The molecule has 2 aromatic heterocycles. The van der Waals surface area contributed by atoms with E-state index in [2.05, 4.69) is 50.0 Å². The van der Waals surface area contributed by atoms with Gasteiger partial charge in [0.2, 0.25) is 0 Å². The second-order valence-corrected chi connectivity index (χ2v) is 10.9. The third-order valence-corrected chi connectivity index (χ3v) is 7.32. The Morgan fingerprint density at radius 2 is 1.63 bits per heavy atom. The van der Waals surface area contributed by atoms with E-state index in [1.54, 1.807) is 10.9 Å². The summed E-state index contributed by atoms with van der Waals surface area (Å²) in [6.45, 7) is 9.10. The van der Waals surface area contributed by atoms with Gasteiger partial charge in [0.25, 0.3) is 5.56 Å². The summed E-state index contributed by atoms with van der Waals surface area (Å²) in [5, 5.41) is 0. The van der Waals surface area contributed by atoms with Crippen molar-refractivity contribution in [3.05, 3.63) is 92.4 Å². The minimum Gasteiger partial charge on any atom is -0.320 e. The molecule has 0 amide bonds. The topological polar surface area (TPSA) is 61.8 Å². The molecule has 0 spiro atoms. The average molecular weight is 471 g/mol. The molecule has 1 fully saturated rings. The van der Waals surface area contributed by atoms with E-state index in [-0.39, 0.29) is 22.7 Å². The molecule has 6 heteroatoms. The molecule has 2 aromatic carbocycles. The van der Waals surface area contributed by atoms with Gasteiger partial charge in [0.15, 0.2) is 11.2 Å². The lowest BCUT2D eigenvalue weighted by molar-refractivity contribution is 0.335. The summed E-state index contributed by atoms with van der Waals surface area (Å²) in [5.74, 6) is 0. The van der Waals surface area contributed by atoms with Crippen LogP contribution >= 0.6 is 0 Å². The fourth-order valence-corrected chi connectivity index (χ4v) is 5.27. The molecule has 0 saturated heterocycles. The molecule has 0 unspecified atom stereocenters. The van der Waals surface area contributed by atoms with Crippen molar-refractivity contribution in [2.45, 2.75) is 77.8 Å². The van der Waals surface area contributed by atoms with Crippen molar-refractivity contribution in [2.75, 3.05) is 0 Å². The summed E-state index contributed by atoms with van der Waals surface area (Å²) in [5.41, 5.74) is 4.57. The van der Waals surface area contributed by atoms with E-state index in [1.807, 2.05) is 35.8 Å². The Bertz CT molecular complexity index is 1480. The largest absolute Gasteiger partial charge is 0.337 e. The number of benzene rings is 2. The lowest BCUT2D eigenvalue weighted by Gasteiger charge is -2.24. The molecule has 1 aliphatic carbocycles. The molecular formula is C29H34N4O2. The predicted molar refractivity (Wildman–Crippen MR) is 141 cm³/mol. The molecule has 2 heterocycles. The van der Waals surface area contributed by atoms with Crippen LogP contribution in [0.2, 0.25) is 0 Å². The normalized spacial score (nSPS) is 15.1. The van der Waals surface area contributed by atoms with Crippen LogP contribution in [0.3, 0.4) is 0 Å². The van der Waals surface area contributed by atoms with Crippen LogP contribution in [-0.2, 0) is 12.0 Å². The van der Waals surface area contributed by atoms with Gasteiger partial charge in [-0.15, -0.1) is 0 Å². The molecule has 35 heavy (non-hydrogen) atoms. The van der Waals surface area contributed by atoms with E-state index in [0.717, 1.165) is 48.9 Å². The molecule has 5 rings (SSSR count). The molecule has 0 atom stereocenters. The molecule has 4 aromatic rings. The highest BCUT2D eigenvalue weighted by atomic mass is 16.2. The molecule has 0 aliphatic heterocycles. The Morgan fingerprint density at radius 1 is 0.943 bits per heavy atom. The number of aryl methyl sites for hydroxylation is 1. The Kier molecular flexibility index (Phi) is 5.99. The maximum atomic E-state index is 13.9. The van der Waals surface area contributed by atoms with Gasteiger partial charge >= 0.3 is 5.69 Å². The lowest BCUT2D eigenvalue weighted by atomic mass is 9.87. The highest BCUT2D eigenvalue weighted by molar-refractivity contribution is 5.73. The lowest BCUT2D eigenvalue weighted by Crippen LogP contribution is -2.43. The molecule has 0 radical (unpaired) electrons. The van der Waals surface area contributed by atoms with Gasteiger partial charge in [-0.3, -0.25) is 9.36 Å². The Morgan fingerprint density at radius 3 is 2.29 bits per heavy atom. The quantitative estimate of drug-likeness (QED) is 0.395. The van der Waals surface area contributed by atoms with Crippen LogP contribution in [0.5, 0.6) is 0 Å². The highest BCUT2D eigenvalue weighted by Gasteiger charge is 2.25. The van der Waals surface area contributed by atoms with E-state index in [0.29, 0.717) is 17.7 Å². The van der Waals surface area contributed by atoms with Crippen molar-refractivity contribution in [1.82, 2.24) is 18.7 Å². The van der Waals surface area contributed by atoms with Gasteiger partial charge in [-0.25, -0.2) is 14.3 Å². The van der Waals surface area contributed by atoms with Gasteiger partial charge in [-0.2, -0.15) is 0 Å². The Labute approximate surface area is 205 Å². The standard InChI is InChI=1S/C29H34N4O2/c1-20-10-8-9-13-24(20)33-26-25(27(34)32(28(33)35)23-11-6-5-7-12-23)31(19-30-26)18-21-14-16-22(17-15-21)29(2,3)4/h8-10,13-17,19,23H,5-7,11-12,18H2,1-4H3. The second-order valence-electron chi connectivity index (χ2n) is 10.9. The molecule has 1 aliphatic rings. The SMILES string of the molecule is Cc1ccccc1-n1c(=O)n(C2CCCCC2)c(=O)c2c1ncn2Cc1ccc(C(C)(C)C)cc1. The monoisotopic (exact) mass is 470 g/mol. The summed E-state index contributed by atoms with van der Waals surface area (Å²) in [4.78, 5) is 32.3. The summed E-state index contributed by atoms with van der Waals surface area (Å²) < 4.78 is 5.05. The summed E-state index contributed by atoms with van der Waals surface area (Å²) in [7, 11) is 0. The third-order valence-electron chi connectivity index (χ3n) is 7.32. The molecule has 1 saturated carbocycles. The van der Waals surface area contributed by atoms with Gasteiger partial charge in [0.05, 0.1) is 12.0 Å². The molecular weight excluding hydrogens is 436 g/mol. The van der Waals surface area contributed by atoms with E-state index in [9.17, 15) is 9.59 Å². The van der Waals surface area contributed by atoms with Crippen molar-refractivity contribution >= 4 is 11.2 Å². The average Bonchev–Trinajstić information content (AvgIpc) is 3.24. The maximum absolute atomic E-state index is 13.9. The van der Waals surface area contributed by atoms with Crippen LogP contribution < -0.4 is 11.2 Å². The first kappa shape index (κ1) is 23.3. The smallest absolute Gasteiger partial charge is 0.320 e. The second kappa shape index (κ2) is 8.99. The van der Waals surface area contributed by atoms with E-state index < -0.39 is 0 Å². The number of fused-ring (bicyclic) bond motifs is 1. The van der Waals surface area contributed by atoms with Crippen LogP contribution in [0.1, 0.15) is 75.6 Å². The fourth-order valence-electron chi connectivity index (χ4n) is 5.27. The van der Waals surface area contributed by atoms with Crippen molar-refractivity contribution in [3.8, 4) is 5.69 Å². The zero-order chi connectivity index (χ0) is 24.7. The van der Waals surface area contributed by atoms with Crippen molar-refractivity contribution in [3.63, 3.8) is 0 Å². The molecule has 182 valence electrons. The molecule has 6 nitrogen and oxygen atoms in total. The van der Waals surface area contributed by atoms with E-state index in [1.165, 1.54) is 10.1 Å². The van der Waals surface area contributed by atoms with Crippen molar-refractivity contribution in [2.24, 2.45) is 0 Å². The number of imidazole rings is 1. The van der Waals surface area contributed by atoms with Gasteiger partial charge in [0.1, 0.15) is 0 Å². The molecule has 0 N–H and O–H groups in total. The molecule has 0 bridgehead atoms. The minimum absolute atomic E-state index is 0.0714. The first-order valence-corrected chi connectivity index (χ1v) is 12.6. The van der Waals surface area contributed by atoms with Gasteiger partial charge < -0.3 is 4.57 Å². The number of para-hydroxylation sites is 1.